The monoisotopic (exact) mass is 266 g/mol. The third-order valence-electron chi connectivity index (χ3n) is 2.12. The number of hydrogen-bond donors (Lipinski definition) is 1. The van der Waals surface area contributed by atoms with Crippen molar-refractivity contribution >= 4 is 34.8 Å². The number of rotatable bonds is 2. The van der Waals surface area contributed by atoms with E-state index in [1.807, 2.05) is 0 Å². The van der Waals surface area contributed by atoms with Crippen molar-refractivity contribution in [3.05, 3.63) is 58.3 Å². The summed E-state index contributed by atoms with van der Waals surface area (Å²) in [5, 5.41) is 3.70. The van der Waals surface area contributed by atoms with Gasteiger partial charge in [-0.3, -0.25) is 9.78 Å². The maximum Gasteiger partial charge on any atom is 0.255 e. The largest absolute Gasteiger partial charge is 0.319 e. The highest BCUT2D eigenvalue weighted by Gasteiger charge is 2.07. The average Bonchev–Trinajstić information content (AvgIpc) is 2.33. The minimum Gasteiger partial charge on any atom is -0.319 e. The summed E-state index contributed by atoms with van der Waals surface area (Å²) >= 11 is 11.6. The first-order valence-electron chi connectivity index (χ1n) is 4.83. The molecule has 0 unspecified atom stereocenters. The molecule has 1 heterocycles. The van der Waals surface area contributed by atoms with Crippen LogP contribution in [-0.2, 0) is 0 Å². The summed E-state index contributed by atoms with van der Waals surface area (Å²) in [5.41, 5.74) is 0.989. The van der Waals surface area contributed by atoms with E-state index in [1.165, 1.54) is 6.20 Å². The van der Waals surface area contributed by atoms with Gasteiger partial charge in [-0.2, -0.15) is 0 Å². The van der Waals surface area contributed by atoms with E-state index in [4.69, 9.17) is 23.2 Å². The molecule has 1 aromatic heterocycles. The average molecular weight is 267 g/mol. The Balaban J connectivity index is 2.17. The fraction of sp³-hybridized carbons (Fsp3) is 0. The van der Waals surface area contributed by atoms with Crippen LogP contribution in [0.5, 0.6) is 0 Å². The molecule has 0 aliphatic heterocycles. The summed E-state index contributed by atoms with van der Waals surface area (Å²) in [4.78, 5) is 15.7. The lowest BCUT2D eigenvalue weighted by atomic mass is 10.2. The van der Waals surface area contributed by atoms with Gasteiger partial charge in [-0.15, -0.1) is 0 Å². The van der Waals surface area contributed by atoms with Crippen LogP contribution >= 0.6 is 23.2 Å². The third-order valence-corrected chi connectivity index (χ3v) is 2.70. The predicted molar refractivity (Wildman–Crippen MR) is 68.7 cm³/mol. The SMILES string of the molecule is O=C(Nc1cnccc1Cl)c1ccc(Cl)cc1. The number of nitrogens with one attached hydrogen (secondary N) is 1. The first-order chi connectivity index (χ1) is 8.16. The molecule has 1 aromatic carbocycles. The first kappa shape index (κ1) is 11.9. The van der Waals surface area contributed by atoms with Crippen molar-refractivity contribution < 1.29 is 4.79 Å². The first-order valence-corrected chi connectivity index (χ1v) is 5.59. The van der Waals surface area contributed by atoms with E-state index in [2.05, 4.69) is 10.3 Å². The summed E-state index contributed by atoms with van der Waals surface area (Å²) in [6, 6.07) is 8.20. The highest BCUT2D eigenvalue weighted by Crippen LogP contribution is 2.20. The van der Waals surface area contributed by atoms with E-state index in [0.29, 0.717) is 21.3 Å². The second kappa shape index (κ2) is 5.17. The van der Waals surface area contributed by atoms with E-state index in [1.54, 1.807) is 36.5 Å². The second-order valence-corrected chi connectivity index (χ2v) is 4.16. The van der Waals surface area contributed by atoms with Gasteiger partial charge in [-0.05, 0) is 30.3 Å². The molecule has 0 fully saturated rings. The van der Waals surface area contributed by atoms with Crippen LogP contribution < -0.4 is 5.32 Å². The molecule has 0 bridgehead atoms. The van der Waals surface area contributed by atoms with Gasteiger partial charge in [0.15, 0.2) is 0 Å². The maximum atomic E-state index is 11.8. The molecule has 1 amide bonds. The third kappa shape index (κ3) is 2.96. The Morgan fingerprint density at radius 3 is 2.47 bits per heavy atom. The number of nitrogens with zero attached hydrogens (tertiary/aromatic N) is 1. The molecule has 0 saturated carbocycles. The molecule has 0 aliphatic carbocycles. The maximum absolute atomic E-state index is 11.8. The lowest BCUT2D eigenvalue weighted by Gasteiger charge is -2.06. The van der Waals surface area contributed by atoms with Crippen molar-refractivity contribution in [2.24, 2.45) is 0 Å². The normalized spacial score (nSPS) is 10.0. The molecule has 2 aromatic rings. The molecule has 0 atom stereocenters. The summed E-state index contributed by atoms with van der Waals surface area (Å²) < 4.78 is 0. The van der Waals surface area contributed by atoms with Crippen LogP contribution in [0.4, 0.5) is 5.69 Å². The number of anilines is 1. The summed E-state index contributed by atoms with van der Waals surface area (Å²) in [6.45, 7) is 0. The molecular formula is C12H8Cl2N2O. The quantitative estimate of drug-likeness (QED) is 0.902. The van der Waals surface area contributed by atoms with Crippen LogP contribution in [0.2, 0.25) is 10.0 Å². The number of hydrogen-bond acceptors (Lipinski definition) is 2. The fourth-order valence-electron chi connectivity index (χ4n) is 1.27. The Morgan fingerprint density at radius 1 is 1.12 bits per heavy atom. The van der Waals surface area contributed by atoms with Crippen LogP contribution in [0.3, 0.4) is 0 Å². The van der Waals surface area contributed by atoms with Crippen molar-refractivity contribution in [1.29, 1.82) is 0 Å². The minimum atomic E-state index is -0.253. The highest BCUT2D eigenvalue weighted by atomic mass is 35.5. The van der Waals surface area contributed by atoms with Crippen molar-refractivity contribution in [3.8, 4) is 0 Å². The fourth-order valence-corrected chi connectivity index (χ4v) is 1.54. The zero-order valence-corrected chi connectivity index (χ0v) is 10.2. The number of amides is 1. The smallest absolute Gasteiger partial charge is 0.255 e. The van der Waals surface area contributed by atoms with Crippen LogP contribution in [0.15, 0.2) is 42.7 Å². The number of halogens is 2. The van der Waals surface area contributed by atoms with Crippen LogP contribution in [0.1, 0.15) is 10.4 Å². The van der Waals surface area contributed by atoms with Gasteiger partial charge < -0.3 is 5.32 Å². The Bertz CT molecular complexity index is 540. The standard InChI is InChI=1S/C12H8Cl2N2O/c13-9-3-1-8(2-4-9)12(17)16-11-7-15-6-5-10(11)14/h1-7H,(H,16,17). The van der Waals surface area contributed by atoms with E-state index < -0.39 is 0 Å². The highest BCUT2D eigenvalue weighted by molar-refractivity contribution is 6.33. The van der Waals surface area contributed by atoms with Crippen LogP contribution in [0, 0.1) is 0 Å². The van der Waals surface area contributed by atoms with E-state index in [9.17, 15) is 4.79 Å². The molecule has 0 radical (unpaired) electrons. The van der Waals surface area contributed by atoms with Crippen LogP contribution in [0.25, 0.3) is 0 Å². The number of benzene rings is 1. The summed E-state index contributed by atoms with van der Waals surface area (Å²) in [7, 11) is 0. The minimum absolute atomic E-state index is 0.253. The van der Waals surface area contributed by atoms with Gasteiger partial charge >= 0.3 is 0 Å². The van der Waals surface area contributed by atoms with Gasteiger partial charge in [0.2, 0.25) is 0 Å². The molecule has 1 N–H and O–H groups in total. The van der Waals surface area contributed by atoms with Gasteiger partial charge in [0.1, 0.15) is 0 Å². The van der Waals surface area contributed by atoms with Crippen molar-refractivity contribution in [3.63, 3.8) is 0 Å². The van der Waals surface area contributed by atoms with E-state index in [0.717, 1.165) is 0 Å². The molecule has 3 nitrogen and oxygen atoms in total. The molecular weight excluding hydrogens is 259 g/mol. The zero-order valence-electron chi connectivity index (χ0n) is 8.65. The van der Waals surface area contributed by atoms with Gasteiger partial charge in [0.25, 0.3) is 5.91 Å². The summed E-state index contributed by atoms with van der Waals surface area (Å²) in [5.74, 6) is -0.253. The zero-order chi connectivity index (χ0) is 12.3. The lowest BCUT2D eigenvalue weighted by molar-refractivity contribution is 0.102. The number of carbonyl (C=O) groups is 1. The Morgan fingerprint density at radius 2 is 1.82 bits per heavy atom. The summed E-state index contributed by atoms with van der Waals surface area (Å²) in [6.07, 6.45) is 3.05. The topological polar surface area (TPSA) is 42.0 Å². The molecule has 17 heavy (non-hydrogen) atoms. The van der Waals surface area contributed by atoms with Gasteiger partial charge in [-0.25, -0.2) is 0 Å². The Hall–Kier alpha value is -1.58. The van der Waals surface area contributed by atoms with E-state index >= 15 is 0 Å². The predicted octanol–water partition coefficient (Wildman–Crippen LogP) is 3.64. The Kier molecular flexibility index (Phi) is 3.61. The molecule has 0 aliphatic rings. The lowest BCUT2D eigenvalue weighted by Crippen LogP contribution is -2.12. The van der Waals surface area contributed by atoms with Gasteiger partial charge in [-0.1, -0.05) is 23.2 Å². The second-order valence-electron chi connectivity index (χ2n) is 3.32. The van der Waals surface area contributed by atoms with E-state index in [-0.39, 0.29) is 5.91 Å². The molecule has 2 rings (SSSR count). The van der Waals surface area contributed by atoms with Crippen molar-refractivity contribution in [1.82, 2.24) is 4.98 Å². The van der Waals surface area contributed by atoms with Gasteiger partial charge in [0.05, 0.1) is 16.9 Å². The number of aromatic nitrogens is 1. The molecule has 5 heteroatoms. The van der Waals surface area contributed by atoms with Crippen molar-refractivity contribution in [2.45, 2.75) is 0 Å². The number of carbonyl (C=O) groups excluding carboxylic acids is 1. The molecule has 86 valence electrons. The molecule has 0 saturated heterocycles. The molecule has 0 spiro atoms. The van der Waals surface area contributed by atoms with Crippen LogP contribution in [-0.4, -0.2) is 10.9 Å². The Labute approximate surface area is 108 Å². The van der Waals surface area contributed by atoms with Gasteiger partial charge in [0, 0.05) is 16.8 Å². The number of pyridine rings is 1. The van der Waals surface area contributed by atoms with Crippen molar-refractivity contribution in [2.75, 3.05) is 5.32 Å².